The van der Waals surface area contributed by atoms with Gasteiger partial charge in [-0.1, -0.05) is 30.0 Å². The molecule has 34 heavy (non-hydrogen) atoms. The fourth-order valence-electron chi connectivity index (χ4n) is 3.20. The number of carbonyl (C=O) groups is 2. The van der Waals surface area contributed by atoms with Crippen LogP contribution >= 0.6 is 11.8 Å². The average molecular weight is 485 g/mol. The molecule has 12 heteroatoms. The van der Waals surface area contributed by atoms with Crippen LogP contribution in [0, 0.1) is 17.0 Å². The van der Waals surface area contributed by atoms with Gasteiger partial charge in [-0.3, -0.25) is 19.7 Å². The molecule has 178 valence electrons. The Morgan fingerprint density at radius 3 is 2.56 bits per heavy atom. The molecule has 0 bridgehead atoms. The molecule has 0 saturated carbocycles. The number of aliphatic hydroxyl groups excluding tert-OH is 1. The van der Waals surface area contributed by atoms with E-state index >= 15 is 0 Å². The predicted octanol–water partition coefficient (Wildman–Crippen LogP) is 2.71. The van der Waals surface area contributed by atoms with Gasteiger partial charge in [0.1, 0.15) is 6.04 Å². The maximum absolute atomic E-state index is 12.5. The second-order valence-electron chi connectivity index (χ2n) is 7.25. The number of nitrogens with zero attached hydrogens (tertiary/aromatic N) is 4. The summed E-state index contributed by atoms with van der Waals surface area (Å²) in [6.07, 6.45) is 0. The third kappa shape index (κ3) is 5.97. The van der Waals surface area contributed by atoms with Crippen molar-refractivity contribution in [2.24, 2.45) is 0 Å². The number of carbonyl (C=O) groups excluding carboxylic acids is 2. The number of nitro groups is 1. The minimum absolute atomic E-state index is 0.0225. The molecule has 1 aromatic heterocycles. The lowest BCUT2D eigenvalue weighted by Gasteiger charge is -2.17. The summed E-state index contributed by atoms with van der Waals surface area (Å²) < 4.78 is 1.72. The van der Waals surface area contributed by atoms with Gasteiger partial charge in [-0.2, -0.15) is 0 Å². The normalized spacial score (nSPS) is 11.6. The monoisotopic (exact) mass is 484 g/mol. The Balaban J connectivity index is 1.66. The first-order valence-electron chi connectivity index (χ1n) is 10.4. The van der Waals surface area contributed by atoms with Gasteiger partial charge in [0, 0.05) is 29.9 Å². The van der Waals surface area contributed by atoms with Crippen molar-refractivity contribution in [3.05, 3.63) is 75.6 Å². The van der Waals surface area contributed by atoms with E-state index in [-0.39, 0.29) is 29.9 Å². The molecule has 0 aliphatic carbocycles. The number of hydrogen-bond donors (Lipinski definition) is 3. The molecule has 2 aromatic carbocycles. The minimum Gasteiger partial charge on any atom is -0.394 e. The number of aromatic nitrogens is 3. The van der Waals surface area contributed by atoms with E-state index in [1.807, 2.05) is 6.92 Å². The molecule has 1 atom stereocenters. The maximum atomic E-state index is 12.5. The van der Waals surface area contributed by atoms with Crippen molar-refractivity contribution in [3.8, 4) is 0 Å². The van der Waals surface area contributed by atoms with E-state index in [4.69, 9.17) is 0 Å². The molecule has 0 aliphatic heterocycles. The number of amides is 2. The van der Waals surface area contributed by atoms with Gasteiger partial charge in [0.2, 0.25) is 5.91 Å². The Kier molecular flexibility index (Phi) is 8.33. The average Bonchev–Trinajstić information content (AvgIpc) is 3.25. The van der Waals surface area contributed by atoms with Gasteiger partial charge in [-0.25, -0.2) is 0 Å². The Hall–Kier alpha value is -3.77. The number of rotatable bonds is 10. The highest BCUT2D eigenvalue weighted by atomic mass is 32.2. The van der Waals surface area contributed by atoms with Crippen molar-refractivity contribution in [2.45, 2.75) is 31.6 Å². The summed E-state index contributed by atoms with van der Waals surface area (Å²) in [7, 11) is 0. The van der Waals surface area contributed by atoms with Gasteiger partial charge in [-0.05, 0) is 37.6 Å². The maximum Gasteiger partial charge on any atom is 0.269 e. The number of nitrogens with one attached hydrogen (secondary N) is 2. The number of anilines is 1. The molecule has 0 spiro atoms. The number of hydrogen-bond acceptors (Lipinski definition) is 8. The minimum atomic E-state index is -0.772. The molecule has 1 unspecified atom stereocenters. The zero-order valence-corrected chi connectivity index (χ0v) is 19.4. The second-order valence-corrected chi connectivity index (χ2v) is 8.20. The summed E-state index contributed by atoms with van der Waals surface area (Å²) in [6, 6.07) is 12.1. The number of nitro benzene ring substituents is 1. The lowest BCUT2D eigenvalue weighted by atomic mass is 10.2. The number of non-ortho nitro benzene ring substituents is 1. The highest BCUT2D eigenvalue weighted by molar-refractivity contribution is 7.99. The first-order chi connectivity index (χ1) is 16.3. The number of thioether (sulfide) groups is 1. The molecule has 3 rings (SSSR count). The van der Waals surface area contributed by atoms with Crippen molar-refractivity contribution < 1.29 is 19.6 Å². The molecule has 0 aliphatic rings. The van der Waals surface area contributed by atoms with Gasteiger partial charge in [0.05, 0.1) is 17.3 Å². The summed E-state index contributed by atoms with van der Waals surface area (Å²) in [6.45, 7) is 3.63. The molecule has 3 aromatic rings. The standard InChI is InChI=1S/C22H24N6O5S/c1-3-27-20(18(12-29)24-21(31)15-7-5-4-6-8-15)25-26-22(27)34-13-19(30)23-17-10-9-16(28(32)33)11-14(17)2/h4-11,18,29H,3,12-13H2,1-2H3,(H,23,30)(H,24,31). The Bertz CT molecular complexity index is 1180. The quantitative estimate of drug-likeness (QED) is 0.226. The first-order valence-corrected chi connectivity index (χ1v) is 11.4. The van der Waals surface area contributed by atoms with Crippen LogP contribution in [0.2, 0.25) is 0 Å². The largest absolute Gasteiger partial charge is 0.394 e. The van der Waals surface area contributed by atoms with Gasteiger partial charge < -0.3 is 20.3 Å². The zero-order chi connectivity index (χ0) is 24.7. The van der Waals surface area contributed by atoms with Crippen LogP contribution in [0.25, 0.3) is 0 Å². The van der Waals surface area contributed by atoms with Crippen LogP contribution in [-0.4, -0.2) is 49.0 Å². The van der Waals surface area contributed by atoms with Crippen LogP contribution in [0.3, 0.4) is 0 Å². The molecule has 1 heterocycles. The molecule has 3 N–H and O–H groups in total. The predicted molar refractivity (Wildman–Crippen MR) is 127 cm³/mol. The van der Waals surface area contributed by atoms with Gasteiger partial charge in [0.25, 0.3) is 11.6 Å². The third-order valence-corrected chi connectivity index (χ3v) is 5.89. The number of aryl methyl sites for hydroxylation is 1. The van der Waals surface area contributed by atoms with Gasteiger partial charge >= 0.3 is 0 Å². The molecular weight excluding hydrogens is 460 g/mol. The zero-order valence-electron chi connectivity index (χ0n) is 18.6. The molecule has 11 nitrogen and oxygen atoms in total. The van der Waals surface area contributed by atoms with E-state index in [1.165, 1.54) is 18.2 Å². The molecular formula is C22H24N6O5S. The first kappa shape index (κ1) is 24.9. The van der Waals surface area contributed by atoms with Crippen LogP contribution in [0.4, 0.5) is 11.4 Å². The number of aliphatic hydroxyl groups is 1. The van der Waals surface area contributed by atoms with Crippen LogP contribution in [0.5, 0.6) is 0 Å². The van der Waals surface area contributed by atoms with Gasteiger partial charge in [0.15, 0.2) is 11.0 Å². The molecule has 2 amide bonds. The van der Waals surface area contributed by atoms with E-state index in [1.54, 1.807) is 41.8 Å². The Labute approximate surface area is 199 Å². The van der Waals surface area contributed by atoms with Crippen LogP contribution < -0.4 is 10.6 Å². The Morgan fingerprint density at radius 1 is 1.21 bits per heavy atom. The highest BCUT2D eigenvalue weighted by Gasteiger charge is 2.23. The van der Waals surface area contributed by atoms with E-state index in [0.717, 1.165) is 11.8 Å². The van der Waals surface area contributed by atoms with Crippen molar-refractivity contribution in [2.75, 3.05) is 17.7 Å². The third-order valence-electron chi connectivity index (χ3n) is 4.92. The lowest BCUT2D eigenvalue weighted by molar-refractivity contribution is -0.384. The summed E-state index contributed by atoms with van der Waals surface area (Å²) >= 11 is 1.15. The topological polar surface area (TPSA) is 152 Å². The second kappa shape index (κ2) is 11.4. The van der Waals surface area contributed by atoms with E-state index in [0.29, 0.717) is 34.3 Å². The van der Waals surface area contributed by atoms with Crippen molar-refractivity contribution >= 4 is 35.0 Å². The SMILES string of the molecule is CCn1c(SCC(=O)Nc2ccc([N+](=O)[O-])cc2C)nnc1C(CO)NC(=O)c1ccccc1. The van der Waals surface area contributed by atoms with E-state index in [9.17, 15) is 24.8 Å². The highest BCUT2D eigenvalue weighted by Crippen LogP contribution is 2.23. The molecule has 0 radical (unpaired) electrons. The van der Waals surface area contributed by atoms with Crippen molar-refractivity contribution in [1.29, 1.82) is 0 Å². The lowest BCUT2D eigenvalue weighted by Crippen LogP contribution is -2.32. The van der Waals surface area contributed by atoms with Crippen molar-refractivity contribution in [1.82, 2.24) is 20.1 Å². The van der Waals surface area contributed by atoms with Gasteiger partial charge in [-0.15, -0.1) is 10.2 Å². The number of benzene rings is 2. The Morgan fingerprint density at radius 2 is 1.94 bits per heavy atom. The van der Waals surface area contributed by atoms with E-state index < -0.39 is 11.0 Å². The molecule has 0 saturated heterocycles. The van der Waals surface area contributed by atoms with Crippen LogP contribution in [-0.2, 0) is 11.3 Å². The summed E-state index contributed by atoms with van der Waals surface area (Å²) in [5, 5.41) is 34.9. The van der Waals surface area contributed by atoms with Crippen molar-refractivity contribution in [3.63, 3.8) is 0 Å². The molecule has 0 fully saturated rings. The fraction of sp³-hybridized carbons (Fsp3) is 0.273. The van der Waals surface area contributed by atoms with Crippen LogP contribution in [0.15, 0.2) is 53.7 Å². The summed E-state index contributed by atoms with van der Waals surface area (Å²) in [5.74, 6) is -0.264. The fourth-order valence-corrected chi connectivity index (χ4v) is 4.01. The summed E-state index contributed by atoms with van der Waals surface area (Å²) in [5.41, 5.74) is 1.46. The smallest absolute Gasteiger partial charge is 0.269 e. The van der Waals surface area contributed by atoms with E-state index in [2.05, 4.69) is 20.8 Å². The van der Waals surface area contributed by atoms with Crippen LogP contribution in [0.1, 0.15) is 34.7 Å². The summed E-state index contributed by atoms with van der Waals surface area (Å²) in [4.78, 5) is 35.3.